The van der Waals surface area contributed by atoms with Gasteiger partial charge >= 0.3 is 0 Å². The number of nitrogens with one attached hydrogen (secondary N) is 1. The summed E-state index contributed by atoms with van der Waals surface area (Å²) in [5.74, 6) is 0.137. The highest BCUT2D eigenvalue weighted by Crippen LogP contribution is 1.94. The van der Waals surface area contributed by atoms with Crippen LogP contribution in [0.5, 0.6) is 0 Å². The van der Waals surface area contributed by atoms with Crippen LogP contribution in [0, 0.1) is 0 Å². The maximum Gasteiger partial charge on any atom is 0.222 e. The Morgan fingerprint density at radius 1 is 0.377 bits per heavy atom. The third-order valence-corrected chi connectivity index (χ3v) is 6.93. The van der Waals surface area contributed by atoms with Crippen LogP contribution in [0.15, 0.2) is 0 Å². The van der Waals surface area contributed by atoms with E-state index in [1.165, 1.54) is 0 Å². The predicted octanol–water partition coefficient (Wildman–Crippen LogP) is 0.582. The number of carbonyl (C=O) groups excluding carboxylic acids is 3. The quantitative estimate of drug-likeness (QED) is 0.0851. The van der Waals surface area contributed by atoms with Gasteiger partial charge in [0, 0.05) is 52.6 Å². The highest BCUT2D eigenvalue weighted by molar-refractivity contribution is 5.76. The van der Waals surface area contributed by atoms with E-state index >= 15 is 0 Å². The molecular formula is C36H70N2O15. The van der Waals surface area contributed by atoms with Crippen molar-refractivity contribution < 1.29 is 71.2 Å². The lowest BCUT2D eigenvalue weighted by atomic mass is 10.3. The van der Waals surface area contributed by atoms with Crippen LogP contribution in [-0.4, -0.2) is 208 Å². The number of methoxy groups -OCH3 is 1. The van der Waals surface area contributed by atoms with Gasteiger partial charge in [-0.2, -0.15) is 0 Å². The second-order valence-electron chi connectivity index (χ2n) is 11.6. The molecule has 0 aromatic heterocycles. The first kappa shape index (κ1) is 51.3. The maximum absolute atomic E-state index is 11.8. The Labute approximate surface area is 317 Å². The van der Waals surface area contributed by atoms with E-state index < -0.39 is 0 Å². The van der Waals surface area contributed by atoms with E-state index in [-0.39, 0.29) is 23.9 Å². The van der Waals surface area contributed by atoms with E-state index in [0.717, 1.165) is 0 Å². The molecule has 0 saturated heterocycles. The van der Waals surface area contributed by atoms with E-state index in [1.807, 2.05) is 0 Å². The zero-order valence-corrected chi connectivity index (χ0v) is 32.8. The van der Waals surface area contributed by atoms with Crippen molar-refractivity contribution in [3.63, 3.8) is 0 Å². The molecule has 0 rings (SSSR count). The first-order valence-corrected chi connectivity index (χ1v) is 18.8. The van der Waals surface area contributed by atoms with Gasteiger partial charge in [-0.1, -0.05) is 0 Å². The summed E-state index contributed by atoms with van der Waals surface area (Å²) < 4.78 is 65.6. The third kappa shape index (κ3) is 44.6. The number of ketones is 2. The van der Waals surface area contributed by atoms with Gasteiger partial charge < -0.3 is 62.2 Å². The van der Waals surface area contributed by atoms with E-state index in [4.69, 9.17) is 56.8 Å². The van der Waals surface area contributed by atoms with Crippen molar-refractivity contribution in [1.82, 2.24) is 10.2 Å². The Balaban J connectivity index is 3.93. The van der Waals surface area contributed by atoms with Crippen LogP contribution in [0.25, 0.3) is 0 Å². The summed E-state index contributed by atoms with van der Waals surface area (Å²) >= 11 is 0. The smallest absolute Gasteiger partial charge is 0.222 e. The fourth-order valence-electron chi connectivity index (χ4n) is 3.95. The molecule has 0 atom stereocenters. The summed E-state index contributed by atoms with van der Waals surface area (Å²) in [5, 5.41) is 2.80. The number of carbonyl (C=O) groups is 3. The van der Waals surface area contributed by atoms with Crippen molar-refractivity contribution in [2.75, 3.05) is 185 Å². The molecule has 0 fully saturated rings. The summed E-state index contributed by atoms with van der Waals surface area (Å²) in [6.07, 6.45) is 1.13. The number of amides is 1. The number of nitrogens with zero attached hydrogens (tertiary/aromatic N) is 1. The van der Waals surface area contributed by atoms with Gasteiger partial charge in [-0.15, -0.1) is 0 Å². The molecule has 1 N–H and O–H groups in total. The second kappa shape index (κ2) is 43.0. The van der Waals surface area contributed by atoms with Gasteiger partial charge in [-0.05, 0) is 13.8 Å². The predicted molar refractivity (Wildman–Crippen MR) is 196 cm³/mol. The fourth-order valence-corrected chi connectivity index (χ4v) is 3.95. The first-order chi connectivity index (χ1) is 26.0. The van der Waals surface area contributed by atoms with Gasteiger partial charge in [0.1, 0.15) is 11.6 Å². The monoisotopic (exact) mass is 770 g/mol. The van der Waals surface area contributed by atoms with Crippen molar-refractivity contribution in [2.45, 2.75) is 33.1 Å². The molecule has 0 saturated carbocycles. The number of hydrogen-bond donors (Lipinski definition) is 1. The van der Waals surface area contributed by atoms with Crippen LogP contribution in [0.2, 0.25) is 0 Å². The number of Topliss-reactive ketones (excluding diaryl/α,β-unsaturated/α-hetero) is 2. The molecule has 53 heavy (non-hydrogen) atoms. The average Bonchev–Trinajstić information content (AvgIpc) is 3.13. The Bertz CT molecular complexity index is 777. The van der Waals surface area contributed by atoms with E-state index in [1.54, 1.807) is 21.0 Å². The van der Waals surface area contributed by atoms with Crippen LogP contribution < -0.4 is 5.32 Å². The minimum Gasteiger partial charge on any atom is -0.382 e. The molecule has 0 bridgehead atoms. The second-order valence-corrected chi connectivity index (χ2v) is 11.6. The number of hydrogen-bond acceptors (Lipinski definition) is 16. The number of rotatable bonds is 45. The lowest BCUT2D eigenvalue weighted by Crippen LogP contribution is -2.34. The molecule has 0 aromatic rings. The van der Waals surface area contributed by atoms with Crippen LogP contribution in [0.1, 0.15) is 33.1 Å². The van der Waals surface area contributed by atoms with Crippen molar-refractivity contribution in [1.29, 1.82) is 0 Å². The molecule has 0 aliphatic rings. The first-order valence-electron chi connectivity index (χ1n) is 18.8. The molecule has 0 unspecified atom stereocenters. The highest BCUT2D eigenvalue weighted by Gasteiger charge is 2.06. The average molecular weight is 771 g/mol. The van der Waals surface area contributed by atoms with E-state index in [9.17, 15) is 14.4 Å². The lowest BCUT2D eigenvalue weighted by Gasteiger charge is -2.22. The zero-order chi connectivity index (χ0) is 38.7. The Hall–Kier alpha value is -1.71. The van der Waals surface area contributed by atoms with Crippen LogP contribution in [0.4, 0.5) is 0 Å². The minimum atomic E-state index is -0.0850. The molecular weight excluding hydrogens is 700 g/mol. The molecule has 0 heterocycles. The summed E-state index contributed by atoms with van der Waals surface area (Å²) in [7, 11) is 1.62. The van der Waals surface area contributed by atoms with Gasteiger partial charge in [0.05, 0.1) is 152 Å². The molecule has 314 valence electrons. The fraction of sp³-hybridized carbons (Fsp3) is 0.917. The van der Waals surface area contributed by atoms with Crippen molar-refractivity contribution in [2.24, 2.45) is 0 Å². The Kier molecular flexibility index (Phi) is 41.6. The summed E-state index contributed by atoms with van der Waals surface area (Å²) in [4.78, 5) is 35.9. The van der Waals surface area contributed by atoms with Gasteiger partial charge in [0.15, 0.2) is 0 Å². The molecule has 0 aliphatic heterocycles. The Morgan fingerprint density at radius 2 is 0.660 bits per heavy atom. The van der Waals surface area contributed by atoms with Gasteiger partial charge in [0.25, 0.3) is 0 Å². The van der Waals surface area contributed by atoms with Crippen LogP contribution in [0.3, 0.4) is 0 Å². The summed E-state index contributed by atoms with van der Waals surface area (Å²) in [5.41, 5.74) is 0. The lowest BCUT2D eigenvalue weighted by molar-refractivity contribution is -0.122. The molecule has 17 heteroatoms. The summed E-state index contributed by atoms with van der Waals surface area (Å²) in [6, 6.07) is 0. The van der Waals surface area contributed by atoms with Gasteiger partial charge in [-0.25, -0.2) is 0 Å². The van der Waals surface area contributed by atoms with Crippen molar-refractivity contribution in [3.05, 3.63) is 0 Å². The highest BCUT2D eigenvalue weighted by atomic mass is 16.6. The topological polar surface area (TPSA) is 177 Å². The van der Waals surface area contributed by atoms with E-state index in [2.05, 4.69) is 10.2 Å². The number of ether oxygens (including phenoxy) is 12. The third-order valence-electron chi connectivity index (χ3n) is 6.93. The maximum atomic E-state index is 11.8. The summed E-state index contributed by atoms with van der Waals surface area (Å²) in [6.45, 7) is 16.3. The molecule has 0 spiro atoms. The molecule has 0 radical (unpaired) electrons. The largest absolute Gasteiger partial charge is 0.382 e. The van der Waals surface area contributed by atoms with Crippen LogP contribution >= 0.6 is 0 Å². The SMILES string of the molecule is COCCOCCOCCC(=O)NCCOCCOCCOCCN(CCOCCOCCOCCC(C)=O)CCOCCOCCOCCC(C)=O. The van der Waals surface area contributed by atoms with Gasteiger partial charge in [0.2, 0.25) is 5.91 Å². The van der Waals surface area contributed by atoms with Crippen LogP contribution in [-0.2, 0) is 71.2 Å². The molecule has 17 nitrogen and oxygen atoms in total. The molecule has 0 aromatic carbocycles. The van der Waals surface area contributed by atoms with Gasteiger partial charge in [-0.3, -0.25) is 19.3 Å². The van der Waals surface area contributed by atoms with Crippen molar-refractivity contribution in [3.8, 4) is 0 Å². The Morgan fingerprint density at radius 3 is 1.00 bits per heavy atom. The zero-order valence-electron chi connectivity index (χ0n) is 32.8. The van der Waals surface area contributed by atoms with Crippen molar-refractivity contribution >= 4 is 17.5 Å². The minimum absolute atomic E-state index is 0.0850. The van der Waals surface area contributed by atoms with E-state index in [0.29, 0.717) is 191 Å². The standard InChI is InChI=1S/C36H70N2O15/c1-34(39)4-11-43-20-28-51-31-24-47-15-8-38(9-16-48-25-32-52-29-21-44-12-5-35(2)40)10-17-49-26-33-53-30-23-46-14-7-37-36(41)6-13-45-22-27-50-19-18-42-3/h4-33H2,1-3H3,(H,37,41). The normalized spacial score (nSPS) is 11.5. The molecule has 0 aliphatic carbocycles. The molecule has 1 amide bonds.